The number of anilines is 1. The Labute approximate surface area is 99.5 Å². The summed E-state index contributed by atoms with van der Waals surface area (Å²) in [5, 5.41) is 9.11. The second-order valence-corrected chi connectivity index (χ2v) is 4.70. The number of rotatable bonds is 3. The van der Waals surface area contributed by atoms with Crippen molar-refractivity contribution in [3.63, 3.8) is 0 Å². The summed E-state index contributed by atoms with van der Waals surface area (Å²) in [6, 6.07) is 5.66. The zero-order valence-corrected chi connectivity index (χ0v) is 9.71. The van der Waals surface area contributed by atoms with Crippen molar-refractivity contribution in [2.45, 2.75) is 19.3 Å². The maximum Gasteiger partial charge on any atom is 0.146 e. The predicted molar refractivity (Wildman–Crippen MR) is 61.5 cm³/mol. The quantitative estimate of drug-likeness (QED) is 0.806. The summed E-state index contributed by atoms with van der Waals surface area (Å²) in [4.78, 5) is 1.63. The van der Waals surface area contributed by atoms with Crippen LogP contribution in [0.4, 0.5) is 14.5 Å². The fourth-order valence-corrected chi connectivity index (χ4v) is 2.23. The van der Waals surface area contributed by atoms with Crippen LogP contribution in [0, 0.1) is 28.4 Å². The molecule has 0 amide bonds. The van der Waals surface area contributed by atoms with Gasteiger partial charge in [0.2, 0.25) is 0 Å². The van der Waals surface area contributed by atoms with Crippen molar-refractivity contribution in [3.05, 3.63) is 29.8 Å². The van der Waals surface area contributed by atoms with Gasteiger partial charge in [0.05, 0.1) is 17.2 Å². The first-order valence-electron chi connectivity index (χ1n) is 5.64. The van der Waals surface area contributed by atoms with Crippen LogP contribution in [0.5, 0.6) is 0 Å². The Balaban J connectivity index is 2.17. The highest BCUT2D eigenvalue weighted by Crippen LogP contribution is 2.41. The van der Waals surface area contributed by atoms with E-state index in [1.165, 1.54) is 6.07 Å². The average Bonchev–Trinajstić information content (AvgIpc) is 2.26. The molecule has 1 saturated carbocycles. The van der Waals surface area contributed by atoms with Crippen LogP contribution in [0.1, 0.15) is 19.3 Å². The molecule has 0 radical (unpaired) electrons. The van der Waals surface area contributed by atoms with Crippen LogP contribution >= 0.6 is 0 Å². The monoisotopic (exact) mass is 236 g/mol. The Morgan fingerprint density at radius 1 is 1.41 bits per heavy atom. The number of hydrogen-bond donors (Lipinski definition) is 0. The first-order chi connectivity index (χ1) is 8.06. The van der Waals surface area contributed by atoms with Crippen molar-refractivity contribution in [1.29, 1.82) is 5.26 Å². The lowest BCUT2D eigenvalue weighted by molar-refractivity contribution is 0.222. The van der Waals surface area contributed by atoms with E-state index in [0.29, 0.717) is 6.54 Å². The molecule has 2 rings (SSSR count). The van der Waals surface area contributed by atoms with Crippen LogP contribution in [0.25, 0.3) is 0 Å². The van der Waals surface area contributed by atoms with E-state index in [2.05, 4.69) is 6.07 Å². The van der Waals surface area contributed by atoms with Gasteiger partial charge in [-0.05, 0) is 25.0 Å². The molecule has 1 fully saturated rings. The van der Waals surface area contributed by atoms with Crippen molar-refractivity contribution in [1.82, 2.24) is 0 Å². The van der Waals surface area contributed by atoms with Gasteiger partial charge in [0.25, 0.3) is 0 Å². The van der Waals surface area contributed by atoms with Gasteiger partial charge in [-0.15, -0.1) is 0 Å². The van der Waals surface area contributed by atoms with Gasteiger partial charge >= 0.3 is 0 Å². The largest absolute Gasteiger partial charge is 0.371 e. The van der Waals surface area contributed by atoms with E-state index >= 15 is 0 Å². The second kappa shape index (κ2) is 4.33. The van der Waals surface area contributed by atoms with Gasteiger partial charge in [0.1, 0.15) is 11.6 Å². The summed E-state index contributed by atoms with van der Waals surface area (Å²) in [6.45, 7) is 0.448. The van der Waals surface area contributed by atoms with Crippen LogP contribution in [0.3, 0.4) is 0 Å². The Kier molecular flexibility index (Phi) is 3.01. The average molecular weight is 236 g/mol. The smallest absolute Gasteiger partial charge is 0.146 e. The van der Waals surface area contributed by atoms with Crippen molar-refractivity contribution in [2.24, 2.45) is 5.41 Å². The van der Waals surface area contributed by atoms with Gasteiger partial charge in [-0.3, -0.25) is 0 Å². The SMILES string of the molecule is CN(CC1(C#N)CCC1)c1cc(F)ccc1F. The number of nitrogens with zero attached hydrogens (tertiary/aromatic N) is 2. The van der Waals surface area contributed by atoms with Crippen molar-refractivity contribution in [3.8, 4) is 6.07 Å². The molecule has 0 aliphatic heterocycles. The fraction of sp³-hybridized carbons (Fsp3) is 0.462. The molecule has 0 heterocycles. The molecule has 1 aromatic rings. The zero-order chi connectivity index (χ0) is 12.5. The third-order valence-corrected chi connectivity index (χ3v) is 3.41. The predicted octanol–water partition coefficient (Wildman–Crippen LogP) is 3.09. The highest BCUT2D eigenvalue weighted by molar-refractivity contribution is 5.48. The highest BCUT2D eigenvalue weighted by atomic mass is 19.1. The van der Waals surface area contributed by atoms with Crippen LogP contribution < -0.4 is 4.90 Å². The lowest BCUT2D eigenvalue weighted by Gasteiger charge is -2.39. The topological polar surface area (TPSA) is 27.0 Å². The minimum atomic E-state index is -0.465. The van der Waals surface area contributed by atoms with E-state index in [9.17, 15) is 8.78 Å². The Hall–Kier alpha value is -1.63. The number of nitriles is 1. The van der Waals surface area contributed by atoms with Gasteiger partial charge in [0, 0.05) is 19.7 Å². The molecule has 0 saturated heterocycles. The van der Waals surface area contributed by atoms with Gasteiger partial charge in [-0.2, -0.15) is 5.26 Å². The maximum atomic E-state index is 13.5. The number of hydrogen-bond acceptors (Lipinski definition) is 2. The van der Waals surface area contributed by atoms with Gasteiger partial charge in [-0.25, -0.2) is 8.78 Å². The molecule has 0 bridgehead atoms. The van der Waals surface area contributed by atoms with E-state index < -0.39 is 11.6 Å². The van der Waals surface area contributed by atoms with Crippen molar-refractivity contribution < 1.29 is 8.78 Å². The van der Waals surface area contributed by atoms with Gasteiger partial charge < -0.3 is 4.90 Å². The molecule has 0 atom stereocenters. The van der Waals surface area contributed by atoms with Crippen LogP contribution in [-0.4, -0.2) is 13.6 Å². The van der Waals surface area contributed by atoms with Crippen LogP contribution in [-0.2, 0) is 0 Å². The standard InChI is InChI=1S/C13H14F2N2/c1-17(9-13(8-16)5-2-6-13)12-7-10(14)3-4-11(12)15/h3-4,7H,2,5-6,9H2,1H3. The number of benzene rings is 1. The third kappa shape index (κ3) is 2.23. The molecular formula is C13H14F2N2. The normalized spacial score (nSPS) is 17.1. The second-order valence-electron chi connectivity index (χ2n) is 4.70. The molecule has 0 aromatic heterocycles. The molecular weight excluding hydrogens is 222 g/mol. The van der Waals surface area contributed by atoms with Crippen molar-refractivity contribution >= 4 is 5.69 Å². The maximum absolute atomic E-state index is 13.5. The molecule has 0 N–H and O–H groups in total. The Morgan fingerprint density at radius 3 is 2.65 bits per heavy atom. The molecule has 4 heteroatoms. The molecule has 1 aliphatic carbocycles. The van der Waals surface area contributed by atoms with Crippen molar-refractivity contribution in [2.75, 3.05) is 18.5 Å². The van der Waals surface area contributed by atoms with E-state index in [4.69, 9.17) is 5.26 Å². The van der Waals surface area contributed by atoms with E-state index in [0.717, 1.165) is 31.4 Å². The summed E-state index contributed by atoms with van der Waals surface area (Å²) >= 11 is 0. The lowest BCUT2D eigenvalue weighted by atomic mass is 9.69. The molecule has 1 aliphatic rings. The molecule has 17 heavy (non-hydrogen) atoms. The minimum absolute atomic E-state index is 0.214. The molecule has 90 valence electrons. The Morgan fingerprint density at radius 2 is 2.12 bits per heavy atom. The molecule has 0 spiro atoms. The fourth-order valence-electron chi connectivity index (χ4n) is 2.23. The summed E-state index contributed by atoms with van der Waals surface area (Å²) < 4.78 is 26.6. The van der Waals surface area contributed by atoms with Gasteiger partial charge in [0.15, 0.2) is 0 Å². The number of halogens is 2. The first-order valence-corrected chi connectivity index (χ1v) is 5.64. The lowest BCUT2D eigenvalue weighted by Crippen LogP contribution is -2.40. The van der Waals surface area contributed by atoms with Crippen LogP contribution in [0.15, 0.2) is 18.2 Å². The first kappa shape index (κ1) is 11.8. The van der Waals surface area contributed by atoms with E-state index in [1.54, 1.807) is 11.9 Å². The summed E-state index contributed by atoms with van der Waals surface area (Å²) in [7, 11) is 1.69. The zero-order valence-electron chi connectivity index (χ0n) is 9.71. The van der Waals surface area contributed by atoms with E-state index in [1.807, 2.05) is 0 Å². The molecule has 2 nitrogen and oxygen atoms in total. The van der Waals surface area contributed by atoms with E-state index in [-0.39, 0.29) is 11.1 Å². The van der Waals surface area contributed by atoms with Gasteiger partial charge in [-0.1, -0.05) is 6.42 Å². The molecule has 1 aromatic carbocycles. The summed E-state index contributed by atoms with van der Waals surface area (Å²) in [5.41, 5.74) is -0.167. The minimum Gasteiger partial charge on any atom is -0.371 e. The summed E-state index contributed by atoms with van der Waals surface area (Å²) in [6.07, 6.45) is 2.71. The Bertz CT molecular complexity index is 461. The van der Waals surface area contributed by atoms with Crippen LogP contribution in [0.2, 0.25) is 0 Å². The third-order valence-electron chi connectivity index (χ3n) is 3.41. The molecule has 0 unspecified atom stereocenters. The summed E-state index contributed by atoms with van der Waals surface area (Å²) in [5.74, 6) is -0.922. The highest BCUT2D eigenvalue weighted by Gasteiger charge is 2.38.